The molecule has 4 heteroatoms. The predicted molar refractivity (Wildman–Crippen MR) is 73.7 cm³/mol. The van der Waals surface area contributed by atoms with Crippen LogP contribution in [0.3, 0.4) is 0 Å². The molecule has 0 saturated heterocycles. The van der Waals surface area contributed by atoms with Crippen LogP contribution in [0.2, 0.25) is 0 Å². The van der Waals surface area contributed by atoms with E-state index in [2.05, 4.69) is 15.9 Å². The van der Waals surface area contributed by atoms with E-state index in [1.54, 1.807) is 10.6 Å². The molecule has 1 heterocycles. The molecule has 0 amide bonds. The van der Waals surface area contributed by atoms with E-state index in [0.717, 1.165) is 15.6 Å². The molecule has 0 N–H and O–H groups in total. The fourth-order valence-corrected chi connectivity index (χ4v) is 2.55. The first-order valence-electron chi connectivity index (χ1n) is 5.57. The second kappa shape index (κ2) is 4.46. The van der Waals surface area contributed by atoms with Crippen LogP contribution in [-0.4, -0.2) is 4.57 Å². The molecule has 0 unspecified atom stereocenters. The highest BCUT2D eigenvalue weighted by Crippen LogP contribution is 2.23. The normalized spacial score (nSPS) is 10.9. The molecule has 0 aliphatic heterocycles. The van der Waals surface area contributed by atoms with Crippen molar-refractivity contribution in [2.24, 2.45) is 0 Å². The summed E-state index contributed by atoms with van der Waals surface area (Å²) in [5.74, 6) is -0.333. The Hall–Kier alpha value is -1.81. The molecule has 0 bridgehead atoms. The van der Waals surface area contributed by atoms with E-state index in [0.29, 0.717) is 12.1 Å². The number of halogens is 1. The summed E-state index contributed by atoms with van der Waals surface area (Å²) >= 11 is 3.45. The van der Waals surface area contributed by atoms with Gasteiger partial charge in [0, 0.05) is 4.47 Å². The van der Waals surface area contributed by atoms with Gasteiger partial charge in [-0.2, -0.15) is 0 Å². The number of benzene rings is 2. The minimum Gasteiger partial charge on any atom is -0.408 e. The summed E-state index contributed by atoms with van der Waals surface area (Å²) in [4.78, 5) is 11.9. The second-order valence-electron chi connectivity index (χ2n) is 4.03. The standard InChI is InChI=1S/C14H10BrNO2/c15-11-7-4-8-12-13(11)16(14(17)18-12)9-10-5-2-1-3-6-10/h1-8H,9H2. The highest BCUT2D eigenvalue weighted by atomic mass is 79.9. The van der Waals surface area contributed by atoms with Crippen LogP contribution in [-0.2, 0) is 6.54 Å². The lowest BCUT2D eigenvalue weighted by Gasteiger charge is -2.03. The Morgan fingerprint density at radius 3 is 2.61 bits per heavy atom. The van der Waals surface area contributed by atoms with E-state index in [9.17, 15) is 4.79 Å². The van der Waals surface area contributed by atoms with Gasteiger partial charge in [-0.15, -0.1) is 0 Å². The lowest BCUT2D eigenvalue weighted by Crippen LogP contribution is -2.14. The molecule has 0 fully saturated rings. The summed E-state index contributed by atoms with van der Waals surface area (Å²) in [6.45, 7) is 0.509. The van der Waals surface area contributed by atoms with Gasteiger partial charge in [0.1, 0.15) is 5.52 Å². The smallest absolute Gasteiger partial charge is 0.408 e. The van der Waals surface area contributed by atoms with Crippen LogP contribution >= 0.6 is 15.9 Å². The van der Waals surface area contributed by atoms with Crippen molar-refractivity contribution in [2.75, 3.05) is 0 Å². The van der Waals surface area contributed by atoms with Crippen molar-refractivity contribution in [3.05, 3.63) is 69.1 Å². The molecule has 0 saturated carbocycles. The average molecular weight is 304 g/mol. The van der Waals surface area contributed by atoms with Gasteiger partial charge in [-0.3, -0.25) is 4.57 Å². The molecule has 0 atom stereocenters. The Kier molecular flexibility index (Phi) is 2.80. The number of para-hydroxylation sites is 1. The van der Waals surface area contributed by atoms with Crippen molar-refractivity contribution in [3.63, 3.8) is 0 Å². The van der Waals surface area contributed by atoms with Gasteiger partial charge >= 0.3 is 5.76 Å². The number of nitrogens with zero attached hydrogens (tertiary/aromatic N) is 1. The Morgan fingerprint density at radius 2 is 1.83 bits per heavy atom. The van der Waals surface area contributed by atoms with Gasteiger partial charge in [0.05, 0.1) is 6.54 Å². The highest BCUT2D eigenvalue weighted by Gasteiger charge is 2.11. The van der Waals surface area contributed by atoms with Gasteiger partial charge in [0.25, 0.3) is 0 Å². The molecule has 3 aromatic rings. The predicted octanol–water partition coefficient (Wildman–Crippen LogP) is 3.41. The molecule has 18 heavy (non-hydrogen) atoms. The molecule has 0 aliphatic carbocycles. The van der Waals surface area contributed by atoms with Gasteiger partial charge in [0.2, 0.25) is 0 Å². The summed E-state index contributed by atoms with van der Waals surface area (Å²) in [5.41, 5.74) is 2.47. The minimum absolute atomic E-state index is 0.333. The first-order chi connectivity index (χ1) is 8.75. The van der Waals surface area contributed by atoms with Gasteiger partial charge in [-0.25, -0.2) is 4.79 Å². The second-order valence-corrected chi connectivity index (χ2v) is 4.88. The van der Waals surface area contributed by atoms with Crippen molar-refractivity contribution in [1.29, 1.82) is 0 Å². The van der Waals surface area contributed by atoms with E-state index in [1.807, 2.05) is 42.5 Å². The van der Waals surface area contributed by atoms with Gasteiger partial charge in [0.15, 0.2) is 5.58 Å². The molecular formula is C14H10BrNO2. The number of fused-ring (bicyclic) bond motifs is 1. The van der Waals surface area contributed by atoms with E-state index >= 15 is 0 Å². The van der Waals surface area contributed by atoms with Crippen LogP contribution in [0.25, 0.3) is 11.1 Å². The summed E-state index contributed by atoms with van der Waals surface area (Å²) in [6.07, 6.45) is 0. The Morgan fingerprint density at radius 1 is 1.06 bits per heavy atom. The fraction of sp³-hybridized carbons (Fsp3) is 0.0714. The quantitative estimate of drug-likeness (QED) is 0.727. The highest BCUT2D eigenvalue weighted by molar-refractivity contribution is 9.10. The molecule has 3 rings (SSSR count). The maximum Gasteiger partial charge on any atom is 0.420 e. The van der Waals surface area contributed by atoms with Crippen LogP contribution in [0.15, 0.2) is 62.2 Å². The number of oxazole rings is 1. The maximum absolute atomic E-state index is 11.9. The summed E-state index contributed by atoms with van der Waals surface area (Å²) in [7, 11) is 0. The molecule has 90 valence electrons. The SMILES string of the molecule is O=c1oc2cccc(Br)c2n1Cc1ccccc1. The first kappa shape index (κ1) is 11.3. The number of rotatable bonds is 2. The lowest BCUT2D eigenvalue weighted by atomic mass is 10.2. The monoisotopic (exact) mass is 303 g/mol. The van der Waals surface area contributed by atoms with E-state index in [1.165, 1.54) is 0 Å². The third kappa shape index (κ3) is 1.88. The van der Waals surface area contributed by atoms with Crippen LogP contribution in [0.1, 0.15) is 5.56 Å². The maximum atomic E-state index is 11.9. The fourth-order valence-electron chi connectivity index (χ4n) is 1.99. The van der Waals surface area contributed by atoms with Crippen LogP contribution < -0.4 is 5.76 Å². The largest absolute Gasteiger partial charge is 0.420 e. The van der Waals surface area contributed by atoms with Crippen molar-refractivity contribution in [2.45, 2.75) is 6.54 Å². The number of hydrogen-bond acceptors (Lipinski definition) is 2. The Bertz CT molecular complexity index is 743. The van der Waals surface area contributed by atoms with Crippen LogP contribution in [0.5, 0.6) is 0 Å². The van der Waals surface area contributed by atoms with E-state index in [4.69, 9.17) is 4.42 Å². The lowest BCUT2D eigenvalue weighted by molar-refractivity contribution is 0.517. The molecule has 0 radical (unpaired) electrons. The average Bonchev–Trinajstić information content (AvgIpc) is 2.69. The van der Waals surface area contributed by atoms with Crippen LogP contribution in [0, 0.1) is 0 Å². The number of aromatic nitrogens is 1. The molecular weight excluding hydrogens is 294 g/mol. The summed E-state index contributed by atoms with van der Waals surface area (Å²) in [6, 6.07) is 15.4. The van der Waals surface area contributed by atoms with Crippen LogP contribution in [0.4, 0.5) is 0 Å². The van der Waals surface area contributed by atoms with E-state index < -0.39 is 0 Å². The zero-order chi connectivity index (χ0) is 12.5. The molecule has 0 aliphatic rings. The van der Waals surface area contributed by atoms with Gasteiger partial charge in [-0.1, -0.05) is 36.4 Å². The summed E-state index contributed by atoms with van der Waals surface area (Å²) < 4.78 is 7.73. The van der Waals surface area contributed by atoms with Crippen molar-refractivity contribution in [3.8, 4) is 0 Å². The van der Waals surface area contributed by atoms with Gasteiger partial charge in [-0.05, 0) is 33.6 Å². The van der Waals surface area contributed by atoms with Crippen molar-refractivity contribution in [1.82, 2.24) is 4.57 Å². The third-order valence-corrected chi connectivity index (χ3v) is 3.46. The Labute approximate surface area is 112 Å². The zero-order valence-corrected chi connectivity index (χ0v) is 11.1. The number of hydrogen-bond donors (Lipinski definition) is 0. The van der Waals surface area contributed by atoms with Crippen molar-refractivity contribution >= 4 is 27.0 Å². The van der Waals surface area contributed by atoms with E-state index in [-0.39, 0.29) is 5.76 Å². The van der Waals surface area contributed by atoms with Gasteiger partial charge < -0.3 is 4.42 Å². The minimum atomic E-state index is -0.333. The van der Waals surface area contributed by atoms with Crippen molar-refractivity contribution < 1.29 is 4.42 Å². The summed E-state index contributed by atoms with van der Waals surface area (Å²) in [5, 5.41) is 0. The molecule has 1 aromatic heterocycles. The zero-order valence-electron chi connectivity index (χ0n) is 9.47. The molecule has 0 spiro atoms. The third-order valence-electron chi connectivity index (χ3n) is 2.82. The topological polar surface area (TPSA) is 35.1 Å². The molecule has 2 aromatic carbocycles. The first-order valence-corrected chi connectivity index (χ1v) is 6.37. The Balaban J connectivity index is 2.17. The molecule has 3 nitrogen and oxygen atoms in total.